The van der Waals surface area contributed by atoms with E-state index in [0.29, 0.717) is 29.2 Å². The lowest BCUT2D eigenvalue weighted by Gasteiger charge is -2.25. The molecule has 1 aliphatic heterocycles. The topological polar surface area (TPSA) is 80.0 Å². The summed E-state index contributed by atoms with van der Waals surface area (Å²) in [6.45, 7) is 4.29. The van der Waals surface area contributed by atoms with Crippen LogP contribution in [-0.4, -0.2) is 21.7 Å². The quantitative estimate of drug-likeness (QED) is 0.191. The average molecular weight is 494 g/mol. The van der Waals surface area contributed by atoms with Gasteiger partial charge in [-0.3, -0.25) is 9.59 Å². The monoisotopic (exact) mass is 493 g/mol. The maximum atomic E-state index is 13.3. The van der Waals surface area contributed by atoms with Crippen molar-refractivity contribution in [2.24, 2.45) is 0 Å². The molecule has 3 aromatic carbocycles. The number of nitrogens with zero attached hydrogens (tertiary/aromatic N) is 1. The Hall–Kier alpha value is -4.58. The van der Waals surface area contributed by atoms with Crippen molar-refractivity contribution in [1.82, 2.24) is 4.90 Å². The number of benzene rings is 3. The summed E-state index contributed by atoms with van der Waals surface area (Å²) in [5.41, 5.74) is 4.07. The minimum Gasteiger partial charge on any atom is -0.507 e. The lowest BCUT2D eigenvalue weighted by Crippen LogP contribution is -2.29. The number of ketones is 1. The first-order valence-corrected chi connectivity index (χ1v) is 12.1. The third-order valence-electron chi connectivity index (χ3n) is 6.54. The molecule has 186 valence electrons. The van der Waals surface area contributed by atoms with Gasteiger partial charge < -0.3 is 19.2 Å². The van der Waals surface area contributed by atoms with Gasteiger partial charge in [-0.05, 0) is 60.9 Å². The van der Waals surface area contributed by atoms with Crippen LogP contribution in [0.25, 0.3) is 5.76 Å². The Balaban J connectivity index is 1.53. The van der Waals surface area contributed by atoms with Crippen LogP contribution in [0.3, 0.4) is 0 Å². The van der Waals surface area contributed by atoms with E-state index in [1.165, 1.54) is 11.2 Å². The van der Waals surface area contributed by atoms with Crippen LogP contribution in [0.2, 0.25) is 0 Å². The van der Waals surface area contributed by atoms with Crippen molar-refractivity contribution in [3.63, 3.8) is 0 Å². The van der Waals surface area contributed by atoms with E-state index in [4.69, 9.17) is 9.15 Å². The first kappa shape index (κ1) is 24.1. The SMILES string of the molecule is Cc1ccc(C)c(/C(O)=C2\C(=O)C(=O)N(Cc3ccco3)C2c2ccc(OCc3ccccc3)cc2)c1. The number of ether oxygens (including phenoxy) is 1. The molecule has 2 heterocycles. The summed E-state index contributed by atoms with van der Waals surface area (Å²) in [6, 6.07) is 25.5. The van der Waals surface area contributed by atoms with Crippen molar-refractivity contribution in [1.29, 1.82) is 0 Å². The molecular formula is C31H27NO5. The summed E-state index contributed by atoms with van der Waals surface area (Å²) in [7, 11) is 0. The first-order valence-electron chi connectivity index (χ1n) is 12.1. The van der Waals surface area contributed by atoms with Gasteiger partial charge in [-0.25, -0.2) is 0 Å². The van der Waals surface area contributed by atoms with E-state index >= 15 is 0 Å². The fraction of sp³-hybridized carbons (Fsp3) is 0.161. The van der Waals surface area contributed by atoms with Gasteiger partial charge >= 0.3 is 0 Å². The Morgan fingerprint density at radius 2 is 1.70 bits per heavy atom. The van der Waals surface area contributed by atoms with Crippen molar-refractivity contribution < 1.29 is 23.8 Å². The second-order valence-corrected chi connectivity index (χ2v) is 9.17. The van der Waals surface area contributed by atoms with E-state index in [1.807, 2.05) is 86.6 Å². The number of hydrogen-bond acceptors (Lipinski definition) is 5. The van der Waals surface area contributed by atoms with Gasteiger partial charge in [-0.15, -0.1) is 0 Å². The van der Waals surface area contributed by atoms with E-state index < -0.39 is 17.7 Å². The van der Waals surface area contributed by atoms with Crippen molar-refractivity contribution in [3.8, 4) is 5.75 Å². The van der Waals surface area contributed by atoms with Crippen LogP contribution in [0.4, 0.5) is 0 Å². The number of hydrogen-bond donors (Lipinski definition) is 1. The fourth-order valence-electron chi connectivity index (χ4n) is 4.58. The number of aliphatic hydroxyl groups excluding tert-OH is 1. The maximum Gasteiger partial charge on any atom is 0.296 e. The van der Waals surface area contributed by atoms with Gasteiger partial charge in [0.1, 0.15) is 23.9 Å². The molecule has 1 amide bonds. The number of rotatable bonds is 7. The Morgan fingerprint density at radius 3 is 2.41 bits per heavy atom. The van der Waals surface area contributed by atoms with Gasteiger partial charge in [0.25, 0.3) is 11.7 Å². The number of carbonyl (C=O) groups is 2. The Kier molecular flexibility index (Phi) is 6.64. The predicted molar refractivity (Wildman–Crippen MR) is 140 cm³/mol. The summed E-state index contributed by atoms with van der Waals surface area (Å²) >= 11 is 0. The molecule has 1 aromatic heterocycles. The maximum absolute atomic E-state index is 13.3. The number of carbonyl (C=O) groups excluding carboxylic acids is 2. The van der Waals surface area contributed by atoms with Crippen molar-refractivity contribution in [2.45, 2.75) is 33.0 Å². The van der Waals surface area contributed by atoms with Gasteiger partial charge in [0, 0.05) is 5.56 Å². The van der Waals surface area contributed by atoms with Gasteiger partial charge in [0.15, 0.2) is 0 Å². The van der Waals surface area contributed by atoms with E-state index in [9.17, 15) is 14.7 Å². The van der Waals surface area contributed by atoms with Crippen LogP contribution in [0.5, 0.6) is 5.75 Å². The normalized spacial score (nSPS) is 16.8. The third-order valence-corrected chi connectivity index (χ3v) is 6.54. The van der Waals surface area contributed by atoms with Gasteiger partial charge in [-0.2, -0.15) is 0 Å². The van der Waals surface area contributed by atoms with Crippen LogP contribution in [-0.2, 0) is 22.7 Å². The van der Waals surface area contributed by atoms with Gasteiger partial charge in [0.05, 0.1) is 24.4 Å². The molecule has 37 heavy (non-hydrogen) atoms. The minimum atomic E-state index is -0.784. The Morgan fingerprint density at radius 1 is 0.946 bits per heavy atom. The number of amides is 1. The zero-order valence-electron chi connectivity index (χ0n) is 20.7. The zero-order valence-corrected chi connectivity index (χ0v) is 20.7. The molecule has 0 spiro atoms. The molecule has 1 atom stereocenters. The molecule has 6 nitrogen and oxygen atoms in total. The molecule has 1 N–H and O–H groups in total. The van der Waals surface area contributed by atoms with Crippen LogP contribution in [0, 0.1) is 13.8 Å². The third kappa shape index (κ3) is 4.91. The van der Waals surface area contributed by atoms with Crippen LogP contribution < -0.4 is 4.74 Å². The summed E-state index contributed by atoms with van der Waals surface area (Å²) < 4.78 is 11.4. The highest BCUT2D eigenvalue weighted by molar-refractivity contribution is 6.46. The largest absolute Gasteiger partial charge is 0.507 e. The number of aryl methyl sites for hydroxylation is 2. The molecule has 5 rings (SSSR count). The summed E-state index contributed by atoms with van der Waals surface area (Å²) in [5.74, 6) is -0.389. The highest BCUT2D eigenvalue weighted by atomic mass is 16.5. The molecule has 1 saturated heterocycles. The molecule has 1 unspecified atom stereocenters. The smallest absolute Gasteiger partial charge is 0.296 e. The van der Waals surface area contributed by atoms with Gasteiger partial charge in [-0.1, -0.05) is 60.2 Å². The fourth-order valence-corrected chi connectivity index (χ4v) is 4.58. The minimum absolute atomic E-state index is 0.0585. The molecule has 4 aromatic rings. The molecule has 0 bridgehead atoms. The number of Topliss-reactive ketones (excluding diaryl/α,β-unsaturated/α-hetero) is 1. The molecule has 0 saturated carbocycles. The molecule has 0 aliphatic carbocycles. The van der Waals surface area contributed by atoms with Crippen LogP contribution in [0.15, 0.2) is 101 Å². The lowest BCUT2D eigenvalue weighted by atomic mass is 9.93. The summed E-state index contributed by atoms with van der Waals surface area (Å²) in [5, 5.41) is 11.4. The number of aliphatic hydroxyl groups is 1. The zero-order chi connectivity index (χ0) is 25.9. The Labute approximate surface area is 215 Å². The predicted octanol–water partition coefficient (Wildman–Crippen LogP) is 6.10. The second-order valence-electron chi connectivity index (χ2n) is 9.17. The lowest BCUT2D eigenvalue weighted by molar-refractivity contribution is -0.140. The van der Waals surface area contributed by atoms with E-state index in [1.54, 1.807) is 12.1 Å². The highest BCUT2D eigenvalue weighted by Gasteiger charge is 2.46. The molecule has 6 heteroatoms. The standard InChI is InChI=1S/C31H27NO5/c1-20-10-11-21(2)26(17-20)29(33)27-28(32(31(35)30(27)34)18-25-9-6-16-36-25)23-12-14-24(15-13-23)37-19-22-7-4-3-5-8-22/h3-17,28,33H,18-19H2,1-2H3/b29-27+. The molecular weight excluding hydrogens is 466 g/mol. The van der Waals surface area contributed by atoms with Crippen LogP contribution >= 0.6 is 0 Å². The molecule has 0 radical (unpaired) electrons. The van der Waals surface area contributed by atoms with Crippen LogP contribution in [0.1, 0.15) is 39.6 Å². The van der Waals surface area contributed by atoms with E-state index in [2.05, 4.69) is 0 Å². The molecule has 1 aliphatic rings. The van der Waals surface area contributed by atoms with Crippen molar-refractivity contribution >= 4 is 17.4 Å². The summed E-state index contributed by atoms with van der Waals surface area (Å²) in [6.07, 6.45) is 1.52. The van der Waals surface area contributed by atoms with E-state index in [-0.39, 0.29) is 17.9 Å². The average Bonchev–Trinajstić information content (AvgIpc) is 3.52. The molecule has 1 fully saturated rings. The summed E-state index contributed by atoms with van der Waals surface area (Å²) in [4.78, 5) is 27.9. The number of likely N-dealkylation sites (tertiary alicyclic amines) is 1. The van der Waals surface area contributed by atoms with E-state index in [0.717, 1.165) is 16.7 Å². The Bertz CT molecular complexity index is 1450. The van der Waals surface area contributed by atoms with Crippen molar-refractivity contribution in [3.05, 3.63) is 130 Å². The van der Waals surface area contributed by atoms with Gasteiger partial charge in [0.2, 0.25) is 0 Å². The first-order chi connectivity index (χ1) is 17.9. The number of furan rings is 1. The highest BCUT2D eigenvalue weighted by Crippen LogP contribution is 2.41. The van der Waals surface area contributed by atoms with Crippen molar-refractivity contribution in [2.75, 3.05) is 0 Å². The second kappa shape index (κ2) is 10.2.